The second-order valence-corrected chi connectivity index (χ2v) is 9.37. The van der Waals surface area contributed by atoms with Crippen molar-refractivity contribution in [2.75, 3.05) is 12.9 Å². The van der Waals surface area contributed by atoms with Crippen LogP contribution >= 0.6 is 0 Å². The summed E-state index contributed by atoms with van der Waals surface area (Å²) in [6, 6.07) is 13.0. The molecule has 168 valence electrons. The van der Waals surface area contributed by atoms with Crippen molar-refractivity contribution in [3.05, 3.63) is 77.1 Å². The van der Waals surface area contributed by atoms with Gasteiger partial charge in [-0.1, -0.05) is 12.1 Å². The molecule has 1 unspecified atom stereocenters. The third-order valence-electron chi connectivity index (χ3n) is 5.04. The van der Waals surface area contributed by atoms with E-state index in [1.165, 1.54) is 18.3 Å². The van der Waals surface area contributed by atoms with Gasteiger partial charge in [0.25, 0.3) is 5.91 Å². The number of carbonyl (C=O) groups is 2. The van der Waals surface area contributed by atoms with E-state index < -0.39 is 15.8 Å². The number of ether oxygens (including phenoxy) is 1. The second kappa shape index (κ2) is 9.35. The van der Waals surface area contributed by atoms with E-state index in [0.717, 1.165) is 11.8 Å². The molecule has 0 saturated heterocycles. The molecule has 1 heterocycles. The van der Waals surface area contributed by atoms with Gasteiger partial charge in [0.1, 0.15) is 5.56 Å². The first-order chi connectivity index (χ1) is 15.1. The highest BCUT2D eigenvalue weighted by Gasteiger charge is 2.17. The highest BCUT2D eigenvalue weighted by Crippen LogP contribution is 2.19. The third kappa shape index (κ3) is 5.05. The number of aromatic nitrogens is 2. The molecular weight excluding hydrogens is 430 g/mol. The lowest BCUT2D eigenvalue weighted by atomic mass is 10.1. The quantitative estimate of drug-likeness (QED) is 0.548. The number of hydrogen-bond donors (Lipinski definition) is 1. The first-order valence-electron chi connectivity index (χ1n) is 10.0. The van der Waals surface area contributed by atoms with Crippen molar-refractivity contribution >= 4 is 21.7 Å². The molecule has 9 heteroatoms. The number of sulfone groups is 1. The van der Waals surface area contributed by atoms with E-state index in [0.29, 0.717) is 22.5 Å². The minimum atomic E-state index is -3.27. The number of carbonyl (C=O) groups excluding carboxylic acids is 2. The zero-order chi connectivity index (χ0) is 23.5. The number of esters is 1. The summed E-state index contributed by atoms with van der Waals surface area (Å²) in [4.78, 5) is 24.9. The average Bonchev–Trinajstić information content (AvgIpc) is 3.15. The zero-order valence-electron chi connectivity index (χ0n) is 18.3. The summed E-state index contributed by atoms with van der Waals surface area (Å²) in [7, 11) is -3.27. The predicted octanol–water partition coefficient (Wildman–Crippen LogP) is 3.25. The van der Waals surface area contributed by atoms with Crippen molar-refractivity contribution in [1.29, 1.82) is 0 Å². The molecule has 0 aliphatic rings. The SMILES string of the molecule is CCOC(=O)c1cnn(-c2ccc(C(=O)NC(C)c3ccc(S(C)(=O)=O)cc3)cc2)c1C. The Hall–Kier alpha value is -3.46. The van der Waals surface area contributed by atoms with Gasteiger partial charge in [-0.2, -0.15) is 5.10 Å². The molecule has 0 spiro atoms. The average molecular weight is 456 g/mol. The zero-order valence-corrected chi connectivity index (χ0v) is 19.1. The molecule has 8 nitrogen and oxygen atoms in total. The van der Waals surface area contributed by atoms with Gasteiger partial charge < -0.3 is 10.1 Å². The summed E-state index contributed by atoms with van der Waals surface area (Å²) in [6.45, 7) is 5.63. The Balaban J connectivity index is 1.71. The van der Waals surface area contributed by atoms with Crippen LogP contribution in [0.1, 0.15) is 51.9 Å². The van der Waals surface area contributed by atoms with Gasteiger partial charge in [-0.15, -0.1) is 0 Å². The Morgan fingerprint density at radius 1 is 1.09 bits per heavy atom. The lowest BCUT2D eigenvalue weighted by Gasteiger charge is -2.15. The summed E-state index contributed by atoms with van der Waals surface area (Å²) in [5, 5.41) is 7.15. The van der Waals surface area contributed by atoms with Gasteiger partial charge in [0.2, 0.25) is 0 Å². The van der Waals surface area contributed by atoms with Gasteiger partial charge in [-0.25, -0.2) is 17.9 Å². The number of benzene rings is 2. The maximum absolute atomic E-state index is 12.6. The van der Waals surface area contributed by atoms with Gasteiger partial charge in [0.15, 0.2) is 9.84 Å². The van der Waals surface area contributed by atoms with Crippen LogP contribution in [0.5, 0.6) is 0 Å². The van der Waals surface area contributed by atoms with E-state index in [1.807, 2.05) is 6.92 Å². The van der Waals surface area contributed by atoms with Crippen LogP contribution in [0.2, 0.25) is 0 Å². The Morgan fingerprint density at radius 3 is 2.28 bits per heavy atom. The van der Waals surface area contributed by atoms with Gasteiger partial charge in [-0.05, 0) is 62.7 Å². The largest absolute Gasteiger partial charge is 0.462 e. The molecule has 2 aromatic carbocycles. The molecule has 0 aliphatic carbocycles. The van der Waals surface area contributed by atoms with E-state index in [9.17, 15) is 18.0 Å². The van der Waals surface area contributed by atoms with Crippen LogP contribution in [0.15, 0.2) is 59.6 Å². The van der Waals surface area contributed by atoms with Crippen molar-refractivity contribution in [3.63, 3.8) is 0 Å². The van der Waals surface area contributed by atoms with Gasteiger partial charge in [-0.3, -0.25) is 4.79 Å². The molecule has 0 bridgehead atoms. The van der Waals surface area contributed by atoms with Crippen molar-refractivity contribution in [1.82, 2.24) is 15.1 Å². The Kier molecular flexibility index (Phi) is 6.78. The van der Waals surface area contributed by atoms with Crippen LogP contribution in [0.3, 0.4) is 0 Å². The Labute approximate surface area is 187 Å². The maximum Gasteiger partial charge on any atom is 0.341 e. The fraction of sp³-hybridized carbons (Fsp3) is 0.261. The predicted molar refractivity (Wildman–Crippen MR) is 120 cm³/mol. The third-order valence-corrected chi connectivity index (χ3v) is 6.16. The highest BCUT2D eigenvalue weighted by molar-refractivity contribution is 7.90. The standard InChI is InChI=1S/C23H25N3O5S/c1-5-31-23(28)21-14-24-26(16(21)3)19-10-6-18(7-11-19)22(27)25-15(2)17-8-12-20(13-9-17)32(4,29)30/h6-15H,5H2,1-4H3,(H,25,27). The molecular formula is C23H25N3O5S. The Bertz CT molecular complexity index is 1230. The summed E-state index contributed by atoms with van der Waals surface area (Å²) >= 11 is 0. The lowest BCUT2D eigenvalue weighted by molar-refractivity contribution is 0.0525. The first kappa shape index (κ1) is 23.2. The smallest absolute Gasteiger partial charge is 0.341 e. The molecule has 1 atom stereocenters. The van der Waals surface area contributed by atoms with E-state index >= 15 is 0 Å². The molecule has 1 aromatic heterocycles. The van der Waals surface area contributed by atoms with Crippen molar-refractivity contribution < 1.29 is 22.7 Å². The molecule has 1 N–H and O–H groups in total. The van der Waals surface area contributed by atoms with E-state index in [1.54, 1.807) is 54.9 Å². The van der Waals surface area contributed by atoms with Crippen molar-refractivity contribution in [2.45, 2.75) is 31.7 Å². The molecule has 0 radical (unpaired) electrons. The minimum absolute atomic E-state index is 0.232. The molecule has 1 amide bonds. The number of hydrogen-bond acceptors (Lipinski definition) is 6. The van der Waals surface area contributed by atoms with E-state index in [4.69, 9.17) is 4.74 Å². The number of nitrogens with zero attached hydrogens (tertiary/aromatic N) is 2. The summed E-state index contributed by atoms with van der Waals surface area (Å²) in [5.74, 6) is -0.688. The van der Waals surface area contributed by atoms with Crippen molar-refractivity contribution in [2.24, 2.45) is 0 Å². The summed E-state index contributed by atoms with van der Waals surface area (Å²) in [5.41, 5.74) is 3.00. The highest BCUT2D eigenvalue weighted by atomic mass is 32.2. The second-order valence-electron chi connectivity index (χ2n) is 7.36. The maximum atomic E-state index is 12.6. The summed E-state index contributed by atoms with van der Waals surface area (Å²) in [6.07, 6.45) is 2.62. The monoisotopic (exact) mass is 455 g/mol. The van der Waals surface area contributed by atoms with Crippen LogP contribution in [-0.4, -0.2) is 42.9 Å². The van der Waals surface area contributed by atoms with E-state index in [2.05, 4.69) is 10.4 Å². The molecule has 0 fully saturated rings. The van der Waals surface area contributed by atoms with E-state index in [-0.39, 0.29) is 23.5 Å². The molecule has 3 aromatic rings. The molecule has 3 rings (SSSR count). The molecule has 0 aliphatic heterocycles. The molecule has 0 saturated carbocycles. The summed E-state index contributed by atoms with van der Waals surface area (Å²) < 4.78 is 29.8. The number of nitrogens with one attached hydrogen (secondary N) is 1. The van der Waals surface area contributed by atoms with Crippen molar-refractivity contribution in [3.8, 4) is 5.69 Å². The van der Waals surface area contributed by atoms with Crippen LogP contribution < -0.4 is 5.32 Å². The fourth-order valence-electron chi connectivity index (χ4n) is 3.20. The minimum Gasteiger partial charge on any atom is -0.462 e. The Morgan fingerprint density at radius 2 is 1.72 bits per heavy atom. The fourth-order valence-corrected chi connectivity index (χ4v) is 3.83. The van der Waals surface area contributed by atoms with Gasteiger partial charge in [0.05, 0.1) is 35.1 Å². The van der Waals surface area contributed by atoms with Crippen LogP contribution in [0.25, 0.3) is 5.69 Å². The van der Waals surface area contributed by atoms with Gasteiger partial charge >= 0.3 is 5.97 Å². The number of rotatable bonds is 7. The number of amides is 1. The van der Waals surface area contributed by atoms with Crippen LogP contribution in [-0.2, 0) is 14.6 Å². The molecule has 32 heavy (non-hydrogen) atoms. The van der Waals surface area contributed by atoms with Crippen LogP contribution in [0.4, 0.5) is 0 Å². The first-order valence-corrected chi connectivity index (χ1v) is 11.9. The lowest BCUT2D eigenvalue weighted by Crippen LogP contribution is -2.26. The topological polar surface area (TPSA) is 107 Å². The normalized spacial score (nSPS) is 12.2. The van der Waals surface area contributed by atoms with Gasteiger partial charge in [0, 0.05) is 11.8 Å². The van der Waals surface area contributed by atoms with Crippen LogP contribution in [0, 0.1) is 6.92 Å².